The van der Waals surface area contributed by atoms with Crippen molar-refractivity contribution in [1.29, 1.82) is 0 Å². The van der Waals surface area contributed by atoms with Gasteiger partial charge in [0.2, 0.25) is 0 Å². The van der Waals surface area contributed by atoms with Crippen LogP contribution in [0.25, 0.3) is 0 Å². The number of methoxy groups -OCH3 is 1. The molecule has 2 aliphatic heterocycles. The Hall–Kier alpha value is -2.10. The van der Waals surface area contributed by atoms with Crippen molar-refractivity contribution in [2.45, 2.75) is 51.7 Å². The number of alkyl carbamates (subject to hydrolysis) is 1. The molecule has 1 aromatic carbocycles. The second-order valence-corrected chi connectivity index (χ2v) is 10.5. The summed E-state index contributed by atoms with van der Waals surface area (Å²) in [5.74, 6) is 0.392. The number of nitrogens with zero attached hydrogens (tertiary/aromatic N) is 1. The highest BCUT2D eigenvalue weighted by Gasteiger charge is 2.34. The van der Waals surface area contributed by atoms with Crippen molar-refractivity contribution in [3.63, 3.8) is 0 Å². The number of hydrogen-bond acceptors (Lipinski definition) is 5. The van der Waals surface area contributed by atoms with Gasteiger partial charge in [0.05, 0.1) is 24.8 Å². The Kier molecular flexibility index (Phi) is 11.1. The average molecular weight is 527 g/mol. The van der Waals surface area contributed by atoms with Crippen molar-refractivity contribution < 1.29 is 23.5 Å². The summed E-state index contributed by atoms with van der Waals surface area (Å²) in [5, 5.41) is 9.26. The van der Waals surface area contributed by atoms with E-state index in [0.717, 1.165) is 38.8 Å². The van der Waals surface area contributed by atoms with Crippen LogP contribution >= 0.6 is 11.6 Å². The molecule has 0 aromatic heterocycles. The van der Waals surface area contributed by atoms with Gasteiger partial charge in [0.25, 0.3) is 0 Å². The van der Waals surface area contributed by atoms with E-state index in [-0.39, 0.29) is 36.2 Å². The highest BCUT2D eigenvalue weighted by molar-refractivity contribution is 6.30. The van der Waals surface area contributed by atoms with Gasteiger partial charge in [0.1, 0.15) is 5.82 Å². The molecule has 2 aliphatic rings. The van der Waals surface area contributed by atoms with Crippen LogP contribution in [0.15, 0.2) is 18.2 Å². The lowest BCUT2D eigenvalue weighted by Crippen LogP contribution is -2.56. The predicted octanol–water partition coefficient (Wildman–Crippen LogP) is 4.34. The molecule has 36 heavy (non-hydrogen) atoms. The number of rotatable bonds is 9. The van der Waals surface area contributed by atoms with E-state index < -0.39 is 18.0 Å². The fourth-order valence-electron chi connectivity index (χ4n) is 5.29. The number of carbonyl (C=O) groups excluding carboxylic acids is 2. The maximum atomic E-state index is 15.0. The number of carbonyl (C=O) groups is 2. The summed E-state index contributed by atoms with van der Waals surface area (Å²) in [6.45, 7) is 7.65. The van der Waals surface area contributed by atoms with Crippen LogP contribution in [0.3, 0.4) is 0 Å². The summed E-state index contributed by atoms with van der Waals surface area (Å²) in [6.07, 6.45) is 2.54. The van der Waals surface area contributed by atoms with E-state index in [1.807, 2.05) is 4.90 Å². The third-order valence-corrected chi connectivity index (χ3v) is 7.32. The molecule has 8 nitrogen and oxygen atoms in total. The molecule has 3 N–H and O–H groups in total. The Balaban J connectivity index is 1.68. The van der Waals surface area contributed by atoms with Gasteiger partial charge in [0, 0.05) is 43.7 Å². The molecule has 10 heteroatoms. The van der Waals surface area contributed by atoms with E-state index in [1.54, 1.807) is 12.1 Å². The molecule has 0 spiro atoms. The van der Waals surface area contributed by atoms with Crippen molar-refractivity contribution in [3.8, 4) is 0 Å². The summed E-state index contributed by atoms with van der Waals surface area (Å²) in [5.41, 5.74) is 0.362. The fraction of sp³-hybridized carbons (Fsp3) is 0.692. The summed E-state index contributed by atoms with van der Waals surface area (Å²) < 4.78 is 25.7. The number of urea groups is 1. The quantitative estimate of drug-likeness (QED) is 0.416. The second-order valence-electron chi connectivity index (χ2n) is 10.1. The molecular formula is C26H40ClFN4O4. The van der Waals surface area contributed by atoms with E-state index in [4.69, 9.17) is 16.3 Å². The molecule has 0 radical (unpaired) electrons. The summed E-state index contributed by atoms with van der Waals surface area (Å²) in [7, 11) is 1.29. The number of hydrogen-bond donors (Lipinski definition) is 3. The topological polar surface area (TPSA) is 91.9 Å². The minimum atomic E-state index is -0.608. The third kappa shape index (κ3) is 7.95. The highest BCUT2D eigenvalue weighted by Crippen LogP contribution is 2.36. The molecule has 0 bridgehead atoms. The fourth-order valence-corrected chi connectivity index (χ4v) is 5.47. The molecule has 0 aliphatic carbocycles. The average Bonchev–Trinajstić information content (AvgIpc) is 2.87. The van der Waals surface area contributed by atoms with Gasteiger partial charge in [-0.1, -0.05) is 37.6 Å². The molecule has 2 saturated heterocycles. The van der Waals surface area contributed by atoms with Crippen LogP contribution in [0.1, 0.15) is 51.2 Å². The van der Waals surface area contributed by atoms with E-state index in [9.17, 15) is 9.59 Å². The van der Waals surface area contributed by atoms with Crippen molar-refractivity contribution in [2.24, 2.45) is 17.8 Å². The Bertz CT molecular complexity index is 874. The van der Waals surface area contributed by atoms with Crippen molar-refractivity contribution in [3.05, 3.63) is 34.6 Å². The van der Waals surface area contributed by atoms with Crippen LogP contribution in [-0.4, -0.2) is 69.5 Å². The molecule has 0 unspecified atom stereocenters. The van der Waals surface area contributed by atoms with Crippen molar-refractivity contribution >= 4 is 23.7 Å². The van der Waals surface area contributed by atoms with Crippen LogP contribution in [0.5, 0.6) is 0 Å². The highest BCUT2D eigenvalue weighted by atomic mass is 35.5. The van der Waals surface area contributed by atoms with Crippen LogP contribution < -0.4 is 16.0 Å². The molecule has 2 fully saturated rings. The molecule has 3 rings (SSSR count). The Morgan fingerprint density at radius 3 is 2.86 bits per heavy atom. The van der Waals surface area contributed by atoms with Gasteiger partial charge in [-0.25, -0.2) is 14.0 Å². The molecule has 0 saturated carbocycles. The van der Waals surface area contributed by atoms with Gasteiger partial charge < -0.3 is 30.3 Å². The van der Waals surface area contributed by atoms with Crippen LogP contribution in [-0.2, 0) is 9.47 Å². The number of likely N-dealkylation sites (tertiary alicyclic amines) is 1. The normalized spacial score (nSPS) is 23.3. The standard InChI is InChI=1S/C26H40ClFN4O4/c1-17(2)14-18-9-10-29-15-22(18)31-25(33)32-12-5-6-19(16-32)24(36-13-11-30-26(34)35-3)20-7-4-8-21(27)23(20)28/h4,7-8,17-19,22,24,29H,5-6,9-16H2,1-3H3,(H,30,34)(H,31,33)/t18-,19+,22+,24+/m0/s1. The van der Waals surface area contributed by atoms with Gasteiger partial charge >= 0.3 is 12.1 Å². The van der Waals surface area contributed by atoms with Crippen LogP contribution in [0.2, 0.25) is 5.02 Å². The first-order valence-corrected chi connectivity index (χ1v) is 13.3. The van der Waals surface area contributed by atoms with Crippen molar-refractivity contribution in [2.75, 3.05) is 46.4 Å². The number of piperidine rings is 2. The van der Waals surface area contributed by atoms with Crippen LogP contribution in [0.4, 0.5) is 14.0 Å². The molecular weight excluding hydrogens is 487 g/mol. The number of halogens is 2. The molecule has 1 aromatic rings. The first kappa shape index (κ1) is 28.5. The predicted molar refractivity (Wildman–Crippen MR) is 138 cm³/mol. The van der Waals surface area contributed by atoms with Gasteiger partial charge in [-0.2, -0.15) is 0 Å². The number of ether oxygens (including phenoxy) is 2. The largest absolute Gasteiger partial charge is 0.453 e. The minimum Gasteiger partial charge on any atom is -0.453 e. The lowest BCUT2D eigenvalue weighted by molar-refractivity contribution is -0.0107. The van der Waals surface area contributed by atoms with Crippen molar-refractivity contribution in [1.82, 2.24) is 20.9 Å². The Morgan fingerprint density at radius 2 is 2.11 bits per heavy atom. The monoisotopic (exact) mass is 526 g/mol. The zero-order valence-electron chi connectivity index (χ0n) is 21.5. The van der Waals surface area contributed by atoms with E-state index in [2.05, 4.69) is 34.5 Å². The molecule has 2 heterocycles. The molecule has 4 atom stereocenters. The Labute approximate surface area is 218 Å². The lowest BCUT2D eigenvalue weighted by Gasteiger charge is -2.39. The number of benzene rings is 1. The number of nitrogens with one attached hydrogen (secondary N) is 3. The molecule has 202 valence electrons. The van der Waals surface area contributed by atoms with E-state index >= 15 is 4.39 Å². The van der Waals surface area contributed by atoms with Gasteiger partial charge in [-0.15, -0.1) is 0 Å². The zero-order chi connectivity index (χ0) is 26.1. The summed E-state index contributed by atoms with van der Waals surface area (Å²) >= 11 is 6.07. The molecule has 3 amide bonds. The van der Waals surface area contributed by atoms with E-state index in [1.165, 1.54) is 13.2 Å². The summed E-state index contributed by atoms with van der Waals surface area (Å²) in [4.78, 5) is 26.5. The van der Waals surface area contributed by atoms with E-state index in [0.29, 0.717) is 30.5 Å². The summed E-state index contributed by atoms with van der Waals surface area (Å²) in [6, 6.07) is 4.88. The first-order chi connectivity index (χ1) is 17.3. The Morgan fingerprint density at radius 1 is 1.31 bits per heavy atom. The third-order valence-electron chi connectivity index (χ3n) is 7.02. The maximum absolute atomic E-state index is 15.0. The van der Waals surface area contributed by atoms with Gasteiger partial charge in [0.15, 0.2) is 0 Å². The minimum absolute atomic E-state index is 0.0280. The lowest BCUT2D eigenvalue weighted by atomic mass is 9.85. The van der Waals surface area contributed by atoms with Crippen LogP contribution in [0, 0.1) is 23.6 Å². The first-order valence-electron chi connectivity index (χ1n) is 12.9. The smallest absolute Gasteiger partial charge is 0.406 e. The number of amides is 3. The SMILES string of the molecule is COC(=O)NCCO[C@@H](c1cccc(Cl)c1F)[C@@H]1CCCN(C(=O)N[C@@H]2CNCC[C@H]2CC(C)C)C1. The maximum Gasteiger partial charge on any atom is 0.406 e. The van der Waals surface area contributed by atoms with Gasteiger partial charge in [-0.3, -0.25) is 0 Å². The second kappa shape index (κ2) is 14.0. The van der Waals surface area contributed by atoms with Gasteiger partial charge in [-0.05, 0) is 50.1 Å². The zero-order valence-corrected chi connectivity index (χ0v) is 22.3.